The fourth-order valence-corrected chi connectivity index (χ4v) is 10.2. The number of esters is 1. The minimum absolute atomic E-state index is 0.185. The summed E-state index contributed by atoms with van der Waals surface area (Å²) in [7, 11) is 0. The normalized spacial score (nSPS) is 67.4. The van der Waals surface area contributed by atoms with Gasteiger partial charge >= 0.3 is 5.97 Å². The summed E-state index contributed by atoms with van der Waals surface area (Å²) in [6, 6.07) is 0. The molecule has 0 N–H and O–H groups in total. The predicted octanol–water partition coefficient (Wildman–Crippen LogP) is 4.14. The average molecular weight is 326 g/mol. The third-order valence-corrected chi connectivity index (χ3v) is 10.5. The molecule has 130 valence electrons. The smallest absolute Gasteiger partial charge is 0.309 e. The Labute approximate surface area is 145 Å². The first kappa shape index (κ1) is 13.6. The highest BCUT2D eigenvalue weighted by molar-refractivity contribution is 5.77. The number of rotatable bonds is 2. The van der Waals surface area contributed by atoms with Crippen LogP contribution in [0.15, 0.2) is 0 Å². The van der Waals surface area contributed by atoms with Gasteiger partial charge in [0.05, 0.1) is 5.92 Å². The van der Waals surface area contributed by atoms with Crippen LogP contribution in [-0.4, -0.2) is 12.1 Å². The SMILES string of the molecule is C[C@H]1CC2CC1C1C3CC(CC3CC3C4CC5OC(=O)C3C5C4)C21. The summed E-state index contributed by atoms with van der Waals surface area (Å²) in [4.78, 5) is 12.3. The third kappa shape index (κ3) is 1.42. The molecular formula is C22H30O2. The van der Waals surface area contributed by atoms with E-state index in [1.54, 1.807) is 19.3 Å². The monoisotopic (exact) mass is 326 g/mol. The Balaban J connectivity index is 1.15. The number of carbonyl (C=O) groups excluding carboxylic acids is 1. The first-order valence-electron chi connectivity index (χ1n) is 10.9. The molecule has 1 aliphatic heterocycles. The zero-order chi connectivity index (χ0) is 15.7. The number of hydrogen-bond acceptors (Lipinski definition) is 2. The molecule has 1 heterocycles. The molecule has 6 bridgehead atoms. The Morgan fingerprint density at radius 1 is 0.875 bits per heavy atom. The van der Waals surface area contributed by atoms with Crippen LogP contribution in [0, 0.1) is 71.0 Å². The van der Waals surface area contributed by atoms with E-state index >= 15 is 0 Å². The van der Waals surface area contributed by atoms with Crippen molar-refractivity contribution in [2.24, 2.45) is 71.0 Å². The van der Waals surface area contributed by atoms with Crippen LogP contribution < -0.4 is 0 Å². The number of ether oxygens (including phenoxy) is 1. The zero-order valence-electron chi connectivity index (χ0n) is 14.8. The molecule has 7 aliphatic rings. The molecule has 24 heavy (non-hydrogen) atoms. The molecule has 12 unspecified atom stereocenters. The Morgan fingerprint density at radius 2 is 1.67 bits per heavy atom. The van der Waals surface area contributed by atoms with Gasteiger partial charge in [-0.1, -0.05) is 6.92 Å². The van der Waals surface area contributed by atoms with Gasteiger partial charge in [-0.15, -0.1) is 0 Å². The van der Waals surface area contributed by atoms with E-state index in [0.29, 0.717) is 23.9 Å². The van der Waals surface area contributed by atoms with Crippen LogP contribution in [0.2, 0.25) is 0 Å². The van der Waals surface area contributed by atoms with Crippen molar-refractivity contribution in [3.63, 3.8) is 0 Å². The van der Waals surface area contributed by atoms with E-state index in [2.05, 4.69) is 6.92 Å². The van der Waals surface area contributed by atoms with Gasteiger partial charge in [-0.05, 0) is 104 Å². The van der Waals surface area contributed by atoms with Gasteiger partial charge < -0.3 is 4.74 Å². The number of hydrogen-bond donors (Lipinski definition) is 0. The van der Waals surface area contributed by atoms with Gasteiger partial charge in [0.15, 0.2) is 0 Å². The Bertz CT molecular complexity index is 611. The molecule has 2 heteroatoms. The molecule has 0 amide bonds. The summed E-state index contributed by atoms with van der Waals surface area (Å²) in [5.41, 5.74) is 0. The van der Waals surface area contributed by atoms with E-state index in [4.69, 9.17) is 4.74 Å². The van der Waals surface area contributed by atoms with Crippen molar-refractivity contribution in [2.75, 3.05) is 0 Å². The molecule has 2 nitrogen and oxygen atoms in total. The largest absolute Gasteiger partial charge is 0.462 e. The van der Waals surface area contributed by atoms with Crippen molar-refractivity contribution in [1.29, 1.82) is 0 Å². The lowest BCUT2D eigenvalue weighted by Crippen LogP contribution is -2.37. The molecule has 0 aromatic rings. The maximum absolute atomic E-state index is 12.3. The zero-order valence-corrected chi connectivity index (χ0v) is 14.8. The quantitative estimate of drug-likeness (QED) is 0.563. The molecule has 0 aromatic heterocycles. The van der Waals surface area contributed by atoms with Gasteiger partial charge in [-0.3, -0.25) is 4.79 Å². The van der Waals surface area contributed by atoms with Crippen LogP contribution in [0.25, 0.3) is 0 Å². The van der Waals surface area contributed by atoms with Crippen LogP contribution >= 0.6 is 0 Å². The molecule has 0 radical (unpaired) electrons. The van der Waals surface area contributed by atoms with Crippen LogP contribution in [0.3, 0.4) is 0 Å². The summed E-state index contributed by atoms with van der Waals surface area (Å²) in [5.74, 6) is 11.1. The van der Waals surface area contributed by atoms with Crippen molar-refractivity contribution in [2.45, 2.75) is 58.0 Å². The topological polar surface area (TPSA) is 26.3 Å². The lowest BCUT2D eigenvalue weighted by Gasteiger charge is -2.42. The molecule has 1 saturated heterocycles. The summed E-state index contributed by atoms with van der Waals surface area (Å²) in [6.45, 7) is 2.53. The fourth-order valence-electron chi connectivity index (χ4n) is 10.2. The molecular weight excluding hydrogens is 296 g/mol. The first-order valence-corrected chi connectivity index (χ1v) is 10.9. The molecule has 7 fully saturated rings. The Morgan fingerprint density at radius 3 is 2.58 bits per heavy atom. The van der Waals surface area contributed by atoms with Crippen molar-refractivity contribution in [1.82, 2.24) is 0 Å². The molecule has 7 rings (SSSR count). The standard InChI is InChI=1S/C22H30O2/c1-9-2-12-6-14(9)20-15-7-13(19(12)20)3-10(15)4-16-11-5-17-18(8-11)24-22(23)21(16)17/h9-21H,2-8H2,1H3/t9-,10?,11?,12?,13?,14?,15?,16?,17?,18?,19?,20?,21?/m0/s1. The van der Waals surface area contributed by atoms with Gasteiger partial charge in [0, 0.05) is 5.92 Å². The van der Waals surface area contributed by atoms with Crippen molar-refractivity contribution < 1.29 is 9.53 Å². The molecule has 6 saturated carbocycles. The summed E-state index contributed by atoms with van der Waals surface area (Å²) >= 11 is 0. The second kappa shape index (κ2) is 4.23. The van der Waals surface area contributed by atoms with Gasteiger partial charge in [-0.2, -0.15) is 0 Å². The van der Waals surface area contributed by atoms with Gasteiger partial charge in [0.1, 0.15) is 6.10 Å². The summed E-state index contributed by atoms with van der Waals surface area (Å²) in [5, 5.41) is 0. The van der Waals surface area contributed by atoms with Gasteiger partial charge in [-0.25, -0.2) is 0 Å². The molecule has 13 atom stereocenters. The second-order valence-electron chi connectivity index (χ2n) is 11.0. The first-order chi connectivity index (χ1) is 11.7. The summed E-state index contributed by atoms with van der Waals surface area (Å²) in [6.07, 6.45) is 10.4. The van der Waals surface area contributed by atoms with E-state index in [0.717, 1.165) is 53.3 Å². The van der Waals surface area contributed by atoms with E-state index in [1.807, 2.05) is 0 Å². The molecule has 0 aromatic carbocycles. The Kier molecular flexibility index (Phi) is 2.41. The van der Waals surface area contributed by atoms with E-state index in [-0.39, 0.29) is 5.97 Å². The van der Waals surface area contributed by atoms with Gasteiger partial charge in [0.2, 0.25) is 0 Å². The Hall–Kier alpha value is -0.530. The third-order valence-electron chi connectivity index (χ3n) is 10.5. The maximum atomic E-state index is 12.3. The van der Waals surface area contributed by atoms with E-state index in [9.17, 15) is 4.79 Å². The maximum Gasteiger partial charge on any atom is 0.309 e. The number of carbonyl (C=O) groups is 1. The number of fused-ring (bicyclic) bond motifs is 10. The van der Waals surface area contributed by atoms with E-state index < -0.39 is 0 Å². The fraction of sp³-hybridized carbons (Fsp3) is 0.955. The average Bonchev–Trinajstić information content (AvgIpc) is 3.32. The highest BCUT2D eigenvalue weighted by Crippen LogP contribution is 2.71. The van der Waals surface area contributed by atoms with Crippen LogP contribution in [-0.2, 0) is 9.53 Å². The van der Waals surface area contributed by atoms with Gasteiger partial charge in [0.25, 0.3) is 0 Å². The summed E-state index contributed by atoms with van der Waals surface area (Å²) < 4.78 is 5.68. The highest BCUT2D eigenvalue weighted by Gasteiger charge is 2.66. The van der Waals surface area contributed by atoms with Crippen LogP contribution in [0.1, 0.15) is 51.9 Å². The van der Waals surface area contributed by atoms with Crippen molar-refractivity contribution >= 4 is 5.97 Å². The van der Waals surface area contributed by atoms with Crippen molar-refractivity contribution in [3.05, 3.63) is 0 Å². The van der Waals surface area contributed by atoms with Crippen molar-refractivity contribution in [3.8, 4) is 0 Å². The van der Waals surface area contributed by atoms with Crippen LogP contribution in [0.4, 0.5) is 0 Å². The minimum atomic E-state index is 0.185. The molecule has 0 spiro atoms. The van der Waals surface area contributed by atoms with E-state index in [1.165, 1.54) is 25.7 Å². The highest BCUT2D eigenvalue weighted by atomic mass is 16.6. The lowest BCUT2D eigenvalue weighted by atomic mass is 9.62. The minimum Gasteiger partial charge on any atom is -0.462 e. The molecule has 6 aliphatic carbocycles. The predicted molar refractivity (Wildman–Crippen MR) is 89.8 cm³/mol. The second-order valence-corrected chi connectivity index (χ2v) is 11.0. The lowest BCUT2D eigenvalue weighted by molar-refractivity contribution is -0.144. The van der Waals surface area contributed by atoms with Crippen LogP contribution in [0.5, 0.6) is 0 Å².